The summed E-state index contributed by atoms with van der Waals surface area (Å²) in [5.41, 5.74) is 14.2. The second kappa shape index (κ2) is 10.4. The van der Waals surface area contributed by atoms with Crippen molar-refractivity contribution in [3.05, 3.63) is 53.6 Å². The molecule has 4 N–H and O–H groups in total. The van der Waals surface area contributed by atoms with Crippen LogP contribution in [0.15, 0.2) is 42.5 Å². The van der Waals surface area contributed by atoms with Crippen molar-refractivity contribution in [3.8, 4) is 5.75 Å². The molecule has 0 saturated heterocycles. The Morgan fingerprint density at radius 1 is 0.844 bits per heavy atom. The minimum absolute atomic E-state index is 0.369. The number of hydrogen-bond acceptors (Lipinski definition) is 4. The summed E-state index contributed by atoms with van der Waals surface area (Å²) >= 11 is 0. The van der Waals surface area contributed by atoms with Crippen molar-refractivity contribution < 1.29 is 9.53 Å². The molecular weight excluding hydrogens is 396 g/mol. The maximum atomic E-state index is 12.4. The largest absolute Gasteiger partial charge is 0.423 e. The van der Waals surface area contributed by atoms with E-state index in [9.17, 15) is 4.79 Å². The molecule has 0 aromatic heterocycles. The van der Waals surface area contributed by atoms with E-state index in [-0.39, 0.29) is 0 Å². The molecule has 0 spiro atoms. The summed E-state index contributed by atoms with van der Waals surface area (Å²) in [6, 6.07) is 12.9. The minimum Gasteiger partial charge on any atom is -0.423 e. The molecule has 2 aromatic rings. The molecule has 0 bridgehead atoms. The van der Waals surface area contributed by atoms with Gasteiger partial charge in [-0.2, -0.15) is 0 Å². The smallest absolute Gasteiger partial charge is 0.343 e. The van der Waals surface area contributed by atoms with E-state index in [0.717, 1.165) is 17.8 Å². The topological polar surface area (TPSA) is 78.3 Å². The predicted octanol–water partition coefficient (Wildman–Crippen LogP) is 6.95. The number of nitrogen functional groups attached to an aromatic ring is 2. The fourth-order valence-corrected chi connectivity index (χ4v) is 6.05. The van der Waals surface area contributed by atoms with E-state index in [0.29, 0.717) is 28.6 Å². The SMILES string of the molecule is CCCC1CCC(C2CCC(c3ccc(OC(=O)c4cc(N)cc(N)c4)cc3)CC2)CC1. The van der Waals surface area contributed by atoms with Crippen LogP contribution < -0.4 is 16.2 Å². The normalized spacial score (nSPS) is 25.9. The van der Waals surface area contributed by atoms with Crippen molar-refractivity contribution in [2.75, 3.05) is 11.5 Å². The molecule has 2 aliphatic carbocycles. The van der Waals surface area contributed by atoms with Gasteiger partial charge in [-0.25, -0.2) is 4.79 Å². The summed E-state index contributed by atoms with van der Waals surface area (Å²) < 4.78 is 5.53. The number of hydrogen-bond donors (Lipinski definition) is 2. The summed E-state index contributed by atoms with van der Waals surface area (Å²) in [4.78, 5) is 12.4. The number of ether oxygens (including phenoxy) is 1. The van der Waals surface area contributed by atoms with Gasteiger partial charge in [0.05, 0.1) is 5.56 Å². The number of carbonyl (C=O) groups excluding carboxylic acids is 1. The highest BCUT2D eigenvalue weighted by Crippen LogP contribution is 2.44. The van der Waals surface area contributed by atoms with E-state index in [4.69, 9.17) is 16.2 Å². The van der Waals surface area contributed by atoms with Gasteiger partial charge in [-0.15, -0.1) is 0 Å². The van der Waals surface area contributed by atoms with Gasteiger partial charge in [-0.05, 0) is 98.1 Å². The van der Waals surface area contributed by atoms with Gasteiger partial charge < -0.3 is 16.2 Å². The van der Waals surface area contributed by atoms with Crippen molar-refractivity contribution in [2.24, 2.45) is 17.8 Å². The number of rotatable bonds is 6. The second-order valence-electron chi connectivity index (χ2n) is 10.0. The molecule has 4 nitrogen and oxygen atoms in total. The Labute approximate surface area is 192 Å². The van der Waals surface area contributed by atoms with Gasteiger partial charge in [0, 0.05) is 11.4 Å². The van der Waals surface area contributed by atoms with Gasteiger partial charge in [-0.1, -0.05) is 44.7 Å². The average molecular weight is 435 g/mol. The molecule has 0 heterocycles. The second-order valence-corrected chi connectivity index (χ2v) is 10.0. The van der Waals surface area contributed by atoms with Crippen LogP contribution in [0.5, 0.6) is 5.75 Å². The van der Waals surface area contributed by atoms with Crippen molar-refractivity contribution in [2.45, 2.75) is 77.0 Å². The first-order valence-corrected chi connectivity index (χ1v) is 12.5. The van der Waals surface area contributed by atoms with Gasteiger partial charge in [0.2, 0.25) is 0 Å². The van der Waals surface area contributed by atoms with Crippen molar-refractivity contribution in [1.29, 1.82) is 0 Å². The van der Waals surface area contributed by atoms with E-state index in [1.165, 1.54) is 69.8 Å². The maximum Gasteiger partial charge on any atom is 0.343 e. The highest BCUT2D eigenvalue weighted by molar-refractivity contribution is 5.93. The molecule has 4 rings (SSSR count). The van der Waals surface area contributed by atoms with E-state index in [2.05, 4.69) is 19.1 Å². The lowest BCUT2D eigenvalue weighted by Crippen LogP contribution is -2.25. The van der Waals surface area contributed by atoms with Crippen LogP contribution in [0.1, 0.15) is 93.0 Å². The Morgan fingerprint density at radius 2 is 1.41 bits per heavy atom. The van der Waals surface area contributed by atoms with Gasteiger partial charge in [0.15, 0.2) is 0 Å². The molecule has 0 aliphatic heterocycles. The first kappa shape index (κ1) is 22.7. The number of carbonyl (C=O) groups is 1. The molecule has 0 unspecified atom stereocenters. The zero-order chi connectivity index (χ0) is 22.5. The number of esters is 1. The average Bonchev–Trinajstić information content (AvgIpc) is 2.80. The summed E-state index contributed by atoms with van der Waals surface area (Å²) in [6.45, 7) is 2.32. The van der Waals surface area contributed by atoms with Crippen LogP contribution in [0, 0.1) is 17.8 Å². The van der Waals surface area contributed by atoms with E-state index in [1.807, 2.05) is 12.1 Å². The molecule has 32 heavy (non-hydrogen) atoms. The highest BCUT2D eigenvalue weighted by Gasteiger charge is 2.31. The van der Waals surface area contributed by atoms with Crippen molar-refractivity contribution in [3.63, 3.8) is 0 Å². The standard InChI is InChI=1S/C28H38N2O2/c1-2-3-19-4-6-20(7-5-19)21-8-10-22(11-9-21)23-12-14-27(15-13-23)32-28(31)24-16-25(29)18-26(30)17-24/h12-22H,2-11,29-30H2,1H3. The van der Waals surface area contributed by atoms with Gasteiger partial charge >= 0.3 is 5.97 Å². The fourth-order valence-electron chi connectivity index (χ4n) is 6.05. The molecule has 172 valence electrons. The first-order chi connectivity index (χ1) is 15.5. The van der Waals surface area contributed by atoms with Gasteiger partial charge in [0.25, 0.3) is 0 Å². The molecule has 2 aliphatic rings. The lowest BCUT2D eigenvalue weighted by atomic mass is 9.68. The Kier molecular flexibility index (Phi) is 7.39. The number of nitrogens with two attached hydrogens (primary N) is 2. The minimum atomic E-state index is -0.439. The zero-order valence-electron chi connectivity index (χ0n) is 19.4. The lowest BCUT2D eigenvalue weighted by Gasteiger charge is -2.38. The molecular formula is C28H38N2O2. The lowest BCUT2D eigenvalue weighted by molar-refractivity contribution is 0.0735. The van der Waals surface area contributed by atoms with E-state index >= 15 is 0 Å². The molecule has 4 heteroatoms. The quantitative estimate of drug-likeness (QED) is 0.293. The third kappa shape index (κ3) is 5.65. The van der Waals surface area contributed by atoms with Crippen LogP contribution in [-0.2, 0) is 0 Å². The van der Waals surface area contributed by atoms with Crippen LogP contribution >= 0.6 is 0 Å². The van der Waals surface area contributed by atoms with Crippen LogP contribution in [0.4, 0.5) is 11.4 Å². The Morgan fingerprint density at radius 3 is 1.97 bits per heavy atom. The van der Waals surface area contributed by atoms with Gasteiger partial charge in [-0.3, -0.25) is 0 Å². The van der Waals surface area contributed by atoms with Crippen LogP contribution in [0.2, 0.25) is 0 Å². The van der Waals surface area contributed by atoms with Gasteiger partial charge in [0.1, 0.15) is 5.75 Å². The van der Waals surface area contributed by atoms with Crippen LogP contribution in [-0.4, -0.2) is 5.97 Å². The molecule has 2 aromatic carbocycles. The Balaban J connectivity index is 1.27. The monoisotopic (exact) mass is 434 g/mol. The van der Waals surface area contributed by atoms with Crippen LogP contribution in [0.25, 0.3) is 0 Å². The first-order valence-electron chi connectivity index (χ1n) is 12.5. The third-order valence-corrected chi connectivity index (χ3v) is 7.80. The zero-order valence-corrected chi connectivity index (χ0v) is 19.4. The van der Waals surface area contributed by atoms with Crippen molar-refractivity contribution in [1.82, 2.24) is 0 Å². The number of benzene rings is 2. The Hall–Kier alpha value is -2.49. The molecule has 0 atom stereocenters. The molecule has 0 amide bonds. The summed E-state index contributed by atoms with van der Waals surface area (Å²) in [7, 11) is 0. The summed E-state index contributed by atoms with van der Waals surface area (Å²) in [5.74, 6) is 3.63. The summed E-state index contributed by atoms with van der Waals surface area (Å²) in [5, 5.41) is 0. The Bertz CT molecular complexity index is 872. The maximum absolute atomic E-state index is 12.4. The summed E-state index contributed by atoms with van der Waals surface area (Å²) in [6.07, 6.45) is 13.9. The van der Waals surface area contributed by atoms with Crippen molar-refractivity contribution >= 4 is 17.3 Å². The fraction of sp³-hybridized carbons (Fsp3) is 0.536. The molecule has 2 fully saturated rings. The van der Waals surface area contributed by atoms with E-state index in [1.54, 1.807) is 18.2 Å². The van der Waals surface area contributed by atoms with E-state index < -0.39 is 5.97 Å². The van der Waals surface area contributed by atoms with Crippen LogP contribution in [0.3, 0.4) is 0 Å². The third-order valence-electron chi connectivity index (χ3n) is 7.80. The predicted molar refractivity (Wildman–Crippen MR) is 132 cm³/mol. The number of anilines is 2. The molecule has 0 radical (unpaired) electrons. The highest BCUT2D eigenvalue weighted by atomic mass is 16.5. The molecule has 2 saturated carbocycles.